The Bertz CT molecular complexity index is 928. The van der Waals surface area contributed by atoms with Gasteiger partial charge in [-0.3, -0.25) is 4.79 Å². The second-order valence-electron chi connectivity index (χ2n) is 9.36. The normalized spacial score (nSPS) is 20.6. The summed E-state index contributed by atoms with van der Waals surface area (Å²) in [5.74, 6) is 0.0418. The predicted molar refractivity (Wildman–Crippen MR) is 107 cm³/mol. The second-order valence-corrected chi connectivity index (χ2v) is 9.36. The first kappa shape index (κ1) is 21.1. The molecule has 2 aliphatic rings. The van der Waals surface area contributed by atoms with Crippen LogP contribution >= 0.6 is 0 Å². The molecular formula is C22H29F3N4O. The predicted octanol–water partition coefficient (Wildman–Crippen LogP) is 5.28. The lowest BCUT2D eigenvalue weighted by atomic mass is 9.86. The van der Waals surface area contributed by atoms with Crippen molar-refractivity contribution < 1.29 is 18.0 Å². The molecule has 4 rings (SSSR count). The maximum atomic E-state index is 13.8. The molecule has 0 N–H and O–H groups in total. The molecule has 1 saturated carbocycles. The lowest BCUT2D eigenvalue weighted by Gasteiger charge is -2.42. The molecule has 2 aromatic rings. The molecule has 5 nitrogen and oxygen atoms in total. The van der Waals surface area contributed by atoms with E-state index >= 15 is 0 Å². The Kier molecular flexibility index (Phi) is 5.53. The van der Waals surface area contributed by atoms with Gasteiger partial charge in [-0.05, 0) is 51.5 Å². The topological polar surface area (TPSA) is 50.5 Å². The summed E-state index contributed by atoms with van der Waals surface area (Å²) in [4.78, 5) is 19.3. The Morgan fingerprint density at radius 3 is 2.53 bits per heavy atom. The van der Waals surface area contributed by atoms with Crippen molar-refractivity contribution in [2.24, 2.45) is 5.92 Å². The van der Waals surface area contributed by atoms with Gasteiger partial charge in [-0.25, -0.2) is 9.50 Å². The van der Waals surface area contributed by atoms with Crippen LogP contribution in [-0.2, 0) is 12.6 Å². The van der Waals surface area contributed by atoms with Crippen molar-refractivity contribution in [1.82, 2.24) is 19.5 Å². The van der Waals surface area contributed by atoms with E-state index in [1.165, 1.54) is 12.5 Å². The zero-order chi connectivity index (χ0) is 21.5. The van der Waals surface area contributed by atoms with E-state index in [0.29, 0.717) is 24.6 Å². The number of carbonyl (C=O) groups is 1. The van der Waals surface area contributed by atoms with Gasteiger partial charge < -0.3 is 4.90 Å². The van der Waals surface area contributed by atoms with Crippen molar-refractivity contribution in [2.75, 3.05) is 6.54 Å². The minimum Gasteiger partial charge on any atom is -0.332 e. The van der Waals surface area contributed by atoms with Crippen LogP contribution in [0.3, 0.4) is 0 Å². The first-order valence-corrected chi connectivity index (χ1v) is 10.9. The standard InChI is InChI=1S/C22H29F3N4O/c1-21(2)10-6-7-11-28(21)20(30)17-14-19-26-16(12-15-8-4-3-5-9-15)13-18(22(23,24)25)29(19)27-17/h13-15H,3-12H2,1-2H3. The Labute approximate surface area is 174 Å². The van der Waals surface area contributed by atoms with Crippen LogP contribution in [0.15, 0.2) is 12.1 Å². The van der Waals surface area contributed by atoms with Crippen molar-refractivity contribution in [3.8, 4) is 0 Å². The molecule has 1 saturated heterocycles. The number of nitrogens with zero attached hydrogens (tertiary/aromatic N) is 4. The van der Waals surface area contributed by atoms with Crippen LogP contribution in [0.4, 0.5) is 13.2 Å². The number of carbonyl (C=O) groups excluding carboxylic acids is 1. The quantitative estimate of drug-likeness (QED) is 0.677. The summed E-state index contributed by atoms with van der Waals surface area (Å²) < 4.78 is 42.1. The summed E-state index contributed by atoms with van der Waals surface area (Å²) in [6.45, 7) is 4.56. The molecule has 1 aliphatic heterocycles. The van der Waals surface area contributed by atoms with Gasteiger partial charge in [0.25, 0.3) is 5.91 Å². The SMILES string of the molecule is CC1(C)CCCCN1C(=O)c1cc2nc(CC3CCCCC3)cc(C(F)(F)F)n2n1. The highest BCUT2D eigenvalue weighted by Gasteiger charge is 2.38. The van der Waals surface area contributed by atoms with Gasteiger partial charge in [0.15, 0.2) is 11.3 Å². The van der Waals surface area contributed by atoms with Crippen LogP contribution in [0.1, 0.15) is 87.1 Å². The highest BCUT2D eigenvalue weighted by atomic mass is 19.4. The minimum atomic E-state index is -4.57. The third kappa shape index (κ3) is 4.18. The lowest BCUT2D eigenvalue weighted by molar-refractivity contribution is -0.142. The zero-order valence-corrected chi connectivity index (χ0v) is 17.6. The Morgan fingerprint density at radius 2 is 1.87 bits per heavy atom. The molecule has 0 bridgehead atoms. The van der Waals surface area contributed by atoms with E-state index in [0.717, 1.165) is 55.5 Å². The number of likely N-dealkylation sites (tertiary alicyclic amines) is 1. The van der Waals surface area contributed by atoms with E-state index in [1.54, 1.807) is 4.90 Å². The molecule has 1 aliphatic carbocycles. The fraction of sp³-hybridized carbons (Fsp3) is 0.682. The fourth-order valence-electron chi connectivity index (χ4n) is 4.90. The molecule has 2 fully saturated rings. The summed E-state index contributed by atoms with van der Waals surface area (Å²) in [6, 6.07) is 2.51. The van der Waals surface area contributed by atoms with E-state index in [2.05, 4.69) is 10.1 Å². The molecular weight excluding hydrogens is 393 g/mol. The average Bonchev–Trinajstić information content (AvgIpc) is 3.10. The molecule has 164 valence electrons. The monoisotopic (exact) mass is 422 g/mol. The van der Waals surface area contributed by atoms with E-state index in [1.807, 2.05) is 13.8 Å². The van der Waals surface area contributed by atoms with Crippen molar-refractivity contribution in [3.05, 3.63) is 29.2 Å². The van der Waals surface area contributed by atoms with Gasteiger partial charge in [0.2, 0.25) is 0 Å². The number of hydrogen-bond donors (Lipinski definition) is 0. The number of alkyl halides is 3. The van der Waals surface area contributed by atoms with Crippen LogP contribution in [0.25, 0.3) is 5.65 Å². The fourth-order valence-corrected chi connectivity index (χ4v) is 4.90. The lowest BCUT2D eigenvalue weighted by Crippen LogP contribution is -2.50. The smallest absolute Gasteiger partial charge is 0.332 e. The molecule has 8 heteroatoms. The van der Waals surface area contributed by atoms with Gasteiger partial charge in [0.05, 0.1) is 0 Å². The molecule has 2 aromatic heterocycles. The van der Waals surface area contributed by atoms with E-state index in [-0.39, 0.29) is 22.8 Å². The summed E-state index contributed by atoms with van der Waals surface area (Å²) in [7, 11) is 0. The zero-order valence-electron chi connectivity index (χ0n) is 17.6. The molecule has 0 radical (unpaired) electrons. The van der Waals surface area contributed by atoms with E-state index in [9.17, 15) is 18.0 Å². The van der Waals surface area contributed by atoms with Crippen molar-refractivity contribution in [3.63, 3.8) is 0 Å². The van der Waals surface area contributed by atoms with Gasteiger partial charge in [-0.15, -0.1) is 0 Å². The molecule has 0 atom stereocenters. The number of piperidine rings is 1. The summed E-state index contributed by atoms with van der Waals surface area (Å²) in [5, 5.41) is 4.05. The van der Waals surface area contributed by atoms with Crippen LogP contribution in [0, 0.1) is 5.92 Å². The second kappa shape index (κ2) is 7.85. The number of rotatable bonds is 3. The Balaban J connectivity index is 1.70. The molecule has 1 amide bonds. The Morgan fingerprint density at radius 1 is 1.13 bits per heavy atom. The van der Waals surface area contributed by atoms with Crippen molar-refractivity contribution in [2.45, 2.75) is 83.4 Å². The van der Waals surface area contributed by atoms with E-state index < -0.39 is 11.9 Å². The highest BCUT2D eigenvalue weighted by Crippen LogP contribution is 2.33. The van der Waals surface area contributed by atoms with Crippen LogP contribution in [-0.4, -0.2) is 37.5 Å². The van der Waals surface area contributed by atoms with Crippen molar-refractivity contribution in [1.29, 1.82) is 0 Å². The molecule has 3 heterocycles. The van der Waals surface area contributed by atoms with E-state index in [4.69, 9.17) is 0 Å². The van der Waals surface area contributed by atoms with Crippen molar-refractivity contribution >= 4 is 11.6 Å². The van der Waals surface area contributed by atoms with Gasteiger partial charge in [0.1, 0.15) is 5.69 Å². The summed E-state index contributed by atoms with van der Waals surface area (Å²) in [5.41, 5.74) is -0.654. The summed E-state index contributed by atoms with van der Waals surface area (Å²) >= 11 is 0. The van der Waals surface area contributed by atoms with Crippen LogP contribution < -0.4 is 0 Å². The first-order chi connectivity index (χ1) is 14.1. The molecule has 0 unspecified atom stereocenters. The molecule has 0 aromatic carbocycles. The highest BCUT2D eigenvalue weighted by molar-refractivity contribution is 5.94. The van der Waals surface area contributed by atoms with Gasteiger partial charge in [-0.2, -0.15) is 18.3 Å². The number of amides is 1. The summed E-state index contributed by atoms with van der Waals surface area (Å²) in [6.07, 6.45) is 4.24. The van der Waals surface area contributed by atoms with Gasteiger partial charge in [-0.1, -0.05) is 32.1 Å². The average molecular weight is 422 g/mol. The Hall–Kier alpha value is -2.12. The minimum absolute atomic E-state index is 0.0257. The third-order valence-electron chi connectivity index (χ3n) is 6.61. The first-order valence-electron chi connectivity index (χ1n) is 10.9. The van der Waals surface area contributed by atoms with Gasteiger partial charge in [0, 0.05) is 23.8 Å². The third-order valence-corrected chi connectivity index (χ3v) is 6.61. The molecule has 30 heavy (non-hydrogen) atoms. The largest absolute Gasteiger partial charge is 0.433 e. The van der Waals surface area contributed by atoms with Gasteiger partial charge >= 0.3 is 6.18 Å². The maximum Gasteiger partial charge on any atom is 0.433 e. The van der Waals surface area contributed by atoms with Crippen LogP contribution in [0.5, 0.6) is 0 Å². The van der Waals surface area contributed by atoms with Crippen LogP contribution in [0.2, 0.25) is 0 Å². The number of hydrogen-bond acceptors (Lipinski definition) is 3. The number of aromatic nitrogens is 3. The maximum absolute atomic E-state index is 13.8. The molecule has 0 spiro atoms. The number of halogens is 3. The number of fused-ring (bicyclic) bond motifs is 1.